The standard InChI is InChI=1S/C16H18N4O/c1-2-7-19-8-9-20(16(19)21)11-13-10-12-5-3-4-6-14(12)18-15(13)17/h3-6,8-10H,2,7,11H2,1H3,(H2,17,18). The number of nitrogens with zero attached hydrogens (tertiary/aromatic N) is 3. The molecular formula is C16H18N4O. The highest BCUT2D eigenvalue weighted by molar-refractivity contribution is 5.81. The van der Waals surface area contributed by atoms with E-state index in [4.69, 9.17) is 5.73 Å². The smallest absolute Gasteiger partial charge is 0.328 e. The zero-order valence-electron chi connectivity index (χ0n) is 12.0. The summed E-state index contributed by atoms with van der Waals surface area (Å²) in [6.07, 6.45) is 4.55. The Hall–Kier alpha value is -2.56. The molecule has 0 bridgehead atoms. The van der Waals surface area contributed by atoms with Gasteiger partial charge in [0.05, 0.1) is 12.1 Å². The lowest BCUT2D eigenvalue weighted by Gasteiger charge is -2.07. The van der Waals surface area contributed by atoms with Gasteiger partial charge in [-0.2, -0.15) is 0 Å². The first-order valence-electron chi connectivity index (χ1n) is 7.08. The predicted octanol–water partition coefficient (Wildman–Crippen LogP) is 2.24. The Morgan fingerprint density at radius 3 is 2.76 bits per heavy atom. The van der Waals surface area contributed by atoms with Gasteiger partial charge in [-0.15, -0.1) is 0 Å². The Bertz CT molecular complexity index is 832. The molecule has 0 spiro atoms. The van der Waals surface area contributed by atoms with Crippen molar-refractivity contribution in [2.45, 2.75) is 26.4 Å². The molecule has 2 heterocycles. The fourth-order valence-electron chi connectivity index (χ4n) is 2.47. The number of benzene rings is 1. The SMILES string of the molecule is CCCn1ccn(Cc2cc3ccccc3nc2N)c1=O. The van der Waals surface area contributed by atoms with Gasteiger partial charge in [0.15, 0.2) is 0 Å². The van der Waals surface area contributed by atoms with Crippen LogP contribution in [0.3, 0.4) is 0 Å². The molecule has 0 unspecified atom stereocenters. The molecule has 0 amide bonds. The summed E-state index contributed by atoms with van der Waals surface area (Å²) >= 11 is 0. The maximum absolute atomic E-state index is 12.2. The van der Waals surface area contributed by atoms with Crippen LogP contribution in [-0.4, -0.2) is 14.1 Å². The van der Waals surface area contributed by atoms with Crippen LogP contribution < -0.4 is 11.4 Å². The third-order valence-corrected chi connectivity index (χ3v) is 3.56. The molecule has 21 heavy (non-hydrogen) atoms. The Balaban J connectivity index is 1.98. The second-order valence-corrected chi connectivity index (χ2v) is 5.13. The zero-order chi connectivity index (χ0) is 14.8. The lowest BCUT2D eigenvalue weighted by molar-refractivity contribution is 0.624. The van der Waals surface area contributed by atoms with E-state index in [2.05, 4.69) is 11.9 Å². The molecule has 0 aliphatic carbocycles. The number of imidazole rings is 1. The van der Waals surface area contributed by atoms with Crippen LogP contribution in [0.5, 0.6) is 0 Å². The summed E-state index contributed by atoms with van der Waals surface area (Å²) in [5, 5.41) is 1.03. The summed E-state index contributed by atoms with van der Waals surface area (Å²) in [4.78, 5) is 16.6. The van der Waals surface area contributed by atoms with Crippen molar-refractivity contribution >= 4 is 16.7 Å². The Morgan fingerprint density at radius 2 is 1.95 bits per heavy atom. The first kappa shape index (κ1) is 13.4. The van der Waals surface area contributed by atoms with Crippen molar-refractivity contribution in [2.75, 3.05) is 5.73 Å². The van der Waals surface area contributed by atoms with Gasteiger partial charge in [0.25, 0.3) is 0 Å². The van der Waals surface area contributed by atoms with Crippen molar-refractivity contribution in [1.82, 2.24) is 14.1 Å². The molecule has 1 aromatic carbocycles. The van der Waals surface area contributed by atoms with Gasteiger partial charge < -0.3 is 5.73 Å². The highest BCUT2D eigenvalue weighted by Gasteiger charge is 2.08. The zero-order valence-corrected chi connectivity index (χ0v) is 12.0. The molecule has 5 heteroatoms. The number of rotatable bonds is 4. The minimum atomic E-state index is -0.00981. The summed E-state index contributed by atoms with van der Waals surface area (Å²) in [5.41, 5.74) is 7.74. The van der Waals surface area contributed by atoms with Gasteiger partial charge in [-0.1, -0.05) is 25.1 Å². The van der Waals surface area contributed by atoms with Crippen LogP contribution in [0.1, 0.15) is 18.9 Å². The third-order valence-electron chi connectivity index (χ3n) is 3.56. The number of hydrogen-bond acceptors (Lipinski definition) is 3. The quantitative estimate of drug-likeness (QED) is 0.798. The molecular weight excluding hydrogens is 264 g/mol. The second-order valence-electron chi connectivity index (χ2n) is 5.13. The average Bonchev–Trinajstić information content (AvgIpc) is 2.82. The molecule has 0 fully saturated rings. The third kappa shape index (κ3) is 2.54. The number of nitrogens with two attached hydrogens (primary N) is 1. The first-order chi connectivity index (χ1) is 10.2. The lowest BCUT2D eigenvalue weighted by Crippen LogP contribution is -2.24. The number of pyridine rings is 1. The van der Waals surface area contributed by atoms with E-state index in [0.29, 0.717) is 12.4 Å². The number of aromatic nitrogens is 3. The van der Waals surface area contributed by atoms with Gasteiger partial charge in [-0.3, -0.25) is 9.13 Å². The van der Waals surface area contributed by atoms with E-state index in [9.17, 15) is 4.79 Å². The number of aryl methyl sites for hydroxylation is 1. The molecule has 108 valence electrons. The topological polar surface area (TPSA) is 65.8 Å². The summed E-state index contributed by atoms with van der Waals surface area (Å²) < 4.78 is 3.38. The fraction of sp³-hybridized carbons (Fsp3) is 0.250. The van der Waals surface area contributed by atoms with E-state index in [0.717, 1.165) is 29.4 Å². The number of para-hydroxylation sites is 1. The normalized spacial score (nSPS) is 11.1. The van der Waals surface area contributed by atoms with Crippen molar-refractivity contribution in [3.8, 4) is 0 Å². The minimum Gasteiger partial charge on any atom is -0.383 e. The minimum absolute atomic E-state index is 0.00981. The number of nitrogen functional groups attached to an aromatic ring is 1. The molecule has 0 aliphatic rings. The molecule has 0 saturated carbocycles. The van der Waals surface area contributed by atoms with E-state index < -0.39 is 0 Å². The molecule has 5 nitrogen and oxygen atoms in total. The van der Waals surface area contributed by atoms with E-state index in [-0.39, 0.29) is 5.69 Å². The lowest BCUT2D eigenvalue weighted by atomic mass is 10.1. The average molecular weight is 282 g/mol. The van der Waals surface area contributed by atoms with Crippen LogP contribution in [0.4, 0.5) is 5.82 Å². The molecule has 2 N–H and O–H groups in total. The van der Waals surface area contributed by atoms with Crippen LogP contribution in [-0.2, 0) is 13.1 Å². The van der Waals surface area contributed by atoms with Crippen LogP contribution >= 0.6 is 0 Å². The van der Waals surface area contributed by atoms with Crippen LogP contribution in [0.25, 0.3) is 10.9 Å². The van der Waals surface area contributed by atoms with Crippen molar-refractivity contribution in [2.24, 2.45) is 0 Å². The van der Waals surface area contributed by atoms with Gasteiger partial charge >= 0.3 is 5.69 Å². The van der Waals surface area contributed by atoms with Crippen LogP contribution in [0.2, 0.25) is 0 Å². The van der Waals surface area contributed by atoms with Gasteiger partial charge in [0.1, 0.15) is 5.82 Å². The molecule has 3 aromatic rings. The van der Waals surface area contributed by atoms with Crippen LogP contribution in [0, 0.1) is 0 Å². The van der Waals surface area contributed by atoms with Gasteiger partial charge in [0.2, 0.25) is 0 Å². The van der Waals surface area contributed by atoms with Crippen molar-refractivity contribution < 1.29 is 0 Å². The van der Waals surface area contributed by atoms with Crippen molar-refractivity contribution in [3.63, 3.8) is 0 Å². The Morgan fingerprint density at radius 1 is 1.19 bits per heavy atom. The van der Waals surface area contributed by atoms with E-state index in [1.807, 2.05) is 36.5 Å². The fourth-order valence-corrected chi connectivity index (χ4v) is 2.47. The van der Waals surface area contributed by atoms with Gasteiger partial charge in [-0.05, 0) is 18.6 Å². The van der Waals surface area contributed by atoms with Gasteiger partial charge in [-0.25, -0.2) is 9.78 Å². The maximum Gasteiger partial charge on any atom is 0.328 e. The number of hydrogen-bond donors (Lipinski definition) is 1. The monoisotopic (exact) mass is 282 g/mol. The number of anilines is 1. The van der Waals surface area contributed by atoms with E-state index in [1.165, 1.54) is 0 Å². The highest BCUT2D eigenvalue weighted by atomic mass is 16.1. The predicted molar refractivity (Wildman–Crippen MR) is 84.2 cm³/mol. The molecule has 0 radical (unpaired) electrons. The summed E-state index contributed by atoms with van der Waals surface area (Å²) in [5.74, 6) is 0.476. The van der Waals surface area contributed by atoms with E-state index >= 15 is 0 Å². The molecule has 0 aliphatic heterocycles. The molecule has 2 aromatic heterocycles. The molecule has 3 rings (SSSR count). The van der Waals surface area contributed by atoms with Gasteiger partial charge in [0, 0.05) is 29.9 Å². The largest absolute Gasteiger partial charge is 0.383 e. The Labute approximate surface area is 122 Å². The second kappa shape index (κ2) is 5.44. The Kier molecular flexibility index (Phi) is 3.48. The maximum atomic E-state index is 12.2. The highest BCUT2D eigenvalue weighted by Crippen LogP contribution is 2.18. The van der Waals surface area contributed by atoms with Crippen LogP contribution in [0.15, 0.2) is 47.5 Å². The van der Waals surface area contributed by atoms with Crippen molar-refractivity contribution in [3.05, 3.63) is 58.8 Å². The summed E-state index contributed by atoms with van der Waals surface area (Å²) in [7, 11) is 0. The van der Waals surface area contributed by atoms with Crippen molar-refractivity contribution in [1.29, 1.82) is 0 Å². The summed E-state index contributed by atoms with van der Waals surface area (Å²) in [6, 6.07) is 9.83. The summed E-state index contributed by atoms with van der Waals surface area (Å²) in [6.45, 7) is 3.23. The number of fused-ring (bicyclic) bond motifs is 1. The molecule has 0 saturated heterocycles. The van der Waals surface area contributed by atoms with E-state index in [1.54, 1.807) is 15.3 Å². The molecule has 0 atom stereocenters. The first-order valence-corrected chi connectivity index (χ1v) is 7.08.